The zero-order valence-electron chi connectivity index (χ0n) is 8.65. The van der Waals surface area contributed by atoms with E-state index in [4.69, 9.17) is 0 Å². The summed E-state index contributed by atoms with van der Waals surface area (Å²) in [5.74, 6) is 0. The van der Waals surface area contributed by atoms with Crippen LogP contribution in [0.5, 0.6) is 0 Å². The number of hydrogen-bond acceptors (Lipinski definition) is 2. The summed E-state index contributed by atoms with van der Waals surface area (Å²) in [5.41, 5.74) is 1.44. The lowest BCUT2D eigenvalue weighted by Gasteiger charge is -2.22. The van der Waals surface area contributed by atoms with Crippen LogP contribution in [0.2, 0.25) is 0 Å². The third kappa shape index (κ3) is 2.81. The number of para-hydroxylation sites is 1. The van der Waals surface area contributed by atoms with Crippen molar-refractivity contribution in [3.05, 3.63) is 55.1 Å². The number of carbonyl (C=O) groups excluding carboxylic acids is 1. The topological polar surface area (TPSA) is 20.3 Å². The van der Waals surface area contributed by atoms with Gasteiger partial charge in [0.1, 0.15) is 0 Å². The molecule has 2 nitrogen and oxygen atoms in total. The maximum atomic E-state index is 10.7. The van der Waals surface area contributed by atoms with E-state index in [2.05, 4.69) is 13.2 Å². The molecule has 0 bridgehead atoms. The summed E-state index contributed by atoms with van der Waals surface area (Å²) in [7, 11) is 0. The van der Waals surface area contributed by atoms with Crippen molar-refractivity contribution in [1.82, 2.24) is 0 Å². The second-order valence-corrected chi connectivity index (χ2v) is 3.10. The standard InChI is InChI=1S/C13H14NO/c1-3-9-14(10-4-2)13-8-6-5-7-12(13)11-15/h3-8H,1-2,9-10H2. The lowest BCUT2D eigenvalue weighted by atomic mass is 10.1. The summed E-state index contributed by atoms with van der Waals surface area (Å²) in [6.07, 6.45) is 5.53. The van der Waals surface area contributed by atoms with E-state index < -0.39 is 0 Å². The molecule has 1 radical (unpaired) electrons. The molecule has 15 heavy (non-hydrogen) atoms. The molecule has 1 aromatic carbocycles. The van der Waals surface area contributed by atoms with Gasteiger partial charge in [-0.05, 0) is 12.1 Å². The van der Waals surface area contributed by atoms with E-state index in [1.54, 1.807) is 18.2 Å². The number of nitrogens with zero attached hydrogens (tertiary/aromatic N) is 1. The van der Waals surface area contributed by atoms with Crippen LogP contribution in [0.15, 0.2) is 49.6 Å². The lowest BCUT2D eigenvalue weighted by Crippen LogP contribution is -2.24. The first kappa shape index (κ1) is 11.2. The largest absolute Gasteiger partial charge is 0.364 e. The lowest BCUT2D eigenvalue weighted by molar-refractivity contribution is 0.562. The van der Waals surface area contributed by atoms with Gasteiger partial charge < -0.3 is 4.90 Å². The average Bonchev–Trinajstić information content (AvgIpc) is 2.29. The van der Waals surface area contributed by atoms with Crippen LogP contribution in [0.3, 0.4) is 0 Å². The molecule has 2 heteroatoms. The molecule has 1 aromatic rings. The molecule has 0 spiro atoms. The van der Waals surface area contributed by atoms with Crippen molar-refractivity contribution >= 4 is 12.0 Å². The van der Waals surface area contributed by atoms with Crippen LogP contribution in [0, 0.1) is 0 Å². The minimum Gasteiger partial charge on any atom is -0.364 e. The zero-order valence-corrected chi connectivity index (χ0v) is 8.65. The summed E-state index contributed by atoms with van der Waals surface area (Å²) in [6, 6.07) is 7.37. The van der Waals surface area contributed by atoms with Gasteiger partial charge in [0.25, 0.3) is 0 Å². The van der Waals surface area contributed by atoms with Crippen molar-refractivity contribution in [3.8, 4) is 0 Å². The van der Waals surface area contributed by atoms with Gasteiger partial charge in [0.2, 0.25) is 6.29 Å². The molecule has 0 aliphatic heterocycles. The van der Waals surface area contributed by atoms with Gasteiger partial charge in [-0.15, -0.1) is 13.2 Å². The molecule has 0 saturated heterocycles. The number of rotatable bonds is 6. The highest BCUT2D eigenvalue weighted by molar-refractivity contribution is 5.85. The van der Waals surface area contributed by atoms with Crippen LogP contribution in [0.4, 0.5) is 5.69 Å². The third-order valence-electron chi connectivity index (χ3n) is 2.05. The number of benzene rings is 1. The molecule has 0 fully saturated rings. The highest BCUT2D eigenvalue weighted by Crippen LogP contribution is 2.18. The first-order valence-corrected chi connectivity index (χ1v) is 4.77. The molecule has 0 heterocycles. The highest BCUT2D eigenvalue weighted by Gasteiger charge is 2.07. The fraction of sp³-hybridized carbons (Fsp3) is 0.154. The molecular formula is C13H14NO. The Balaban J connectivity index is 3.02. The van der Waals surface area contributed by atoms with E-state index in [1.165, 1.54) is 0 Å². The molecule has 0 aliphatic rings. The van der Waals surface area contributed by atoms with E-state index >= 15 is 0 Å². The zero-order chi connectivity index (χ0) is 11.1. The predicted octanol–water partition coefficient (Wildman–Crippen LogP) is 2.32. The summed E-state index contributed by atoms with van der Waals surface area (Å²) in [4.78, 5) is 12.8. The van der Waals surface area contributed by atoms with Crippen molar-refractivity contribution in [3.63, 3.8) is 0 Å². The summed E-state index contributed by atoms with van der Waals surface area (Å²) in [5, 5.41) is 0. The quantitative estimate of drug-likeness (QED) is 0.657. The molecule has 0 unspecified atom stereocenters. The molecule has 0 amide bonds. The predicted molar refractivity (Wildman–Crippen MR) is 63.8 cm³/mol. The maximum absolute atomic E-state index is 10.7. The van der Waals surface area contributed by atoms with Crippen LogP contribution in [-0.4, -0.2) is 19.4 Å². The normalized spacial score (nSPS) is 9.33. The number of hydrogen-bond donors (Lipinski definition) is 0. The molecular weight excluding hydrogens is 186 g/mol. The van der Waals surface area contributed by atoms with Crippen LogP contribution in [-0.2, 0) is 4.79 Å². The molecule has 0 aliphatic carbocycles. The highest BCUT2D eigenvalue weighted by atomic mass is 16.1. The van der Waals surface area contributed by atoms with Gasteiger partial charge in [-0.25, -0.2) is 0 Å². The molecule has 0 N–H and O–H groups in total. The average molecular weight is 200 g/mol. The monoisotopic (exact) mass is 200 g/mol. The molecule has 0 saturated carbocycles. The van der Waals surface area contributed by atoms with Crippen molar-refractivity contribution in [1.29, 1.82) is 0 Å². The summed E-state index contributed by atoms with van der Waals surface area (Å²) >= 11 is 0. The third-order valence-corrected chi connectivity index (χ3v) is 2.05. The first-order chi connectivity index (χ1) is 7.33. The summed E-state index contributed by atoms with van der Waals surface area (Å²) < 4.78 is 0. The van der Waals surface area contributed by atoms with Gasteiger partial charge >= 0.3 is 0 Å². The maximum Gasteiger partial charge on any atom is 0.235 e. The second kappa shape index (κ2) is 5.81. The van der Waals surface area contributed by atoms with Crippen LogP contribution in [0.25, 0.3) is 0 Å². The molecule has 77 valence electrons. The molecule has 0 atom stereocenters. The Morgan fingerprint density at radius 3 is 2.33 bits per heavy atom. The Hall–Kier alpha value is -1.83. The van der Waals surface area contributed by atoms with Gasteiger partial charge in [0.15, 0.2) is 0 Å². The van der Waals surface area contributed by atoms with Crippen molar-refractivity contribution in [2.24, 2.45) is 0 Å². The Bertz CT molecular complexity index is 347. The Kier molecular flexibility index (Phi) is 4.35. The van der Waals surface area contributed by atoms with Crippen LogP contribution in [0.1, 0.15) is 5.56 Å². The number of anilines is 1. The van der Waals surface area contributed by atoms with Crippen molar-refractivity contribution in [2.45, 2.75) is 0 Å². The second-order valence-electron chi connectivity index (χ2n) is 3.10. The van der Waals surface area contributed by atoms with E-state index in [0.29, 0.717) is 18.7 Å². The first-order valence-electron chi connectivity index (χ1n) is 4.77. The Morgan fingerprint density at radius 2 is 1.80 bits per heavy atom. The molecule has 1 rings (SSSR count). The van der Waals surface area contributed by atoms with Gasteiger partial charge in [-0.1, -0.05) is 24.3 Å². The summed E-state index contributed by atoms with van der Waals surface area (Å²) in [6.45, 7) is 8.75. The fourth-order valence-electron chi connectivity index (χ4n) is 1.42. The van der Waals surface area contributed by atoms with E-state index in [9.17, 15) is 4.79 Å². The van der Waals surface area contributed by atoms with Crippen LogP contribution >= 0.6 is 0 Å². The smallest absolute Gasteiger partial charge is 0.235 e. The minimum absolute atomic E-state index is 0.571. The SMILES string of the molecule is C=CCN(CC=C)c1ccccc1[C]=O. The van der Waals surface area contributed by atoms with Gasteiger partial charge in [-0.2, -0.15) is 0 Å². The Morgan fingerprint density at radius 1 is 1.20 bits per heavy atom. The van der Waals surface area contributed by atoms with Gasteiger partial charge in [-0.3, -0.25) is 4.79 Å². The van der Waals surface area contributed by atoms with E-state index in [0.717, 1.165) is 5.69 Å². The van der Waals surface area contributed by atoms with Crippen molar-refractivity contribution in [2.75, 3.05) is 18.0 Å². The van der Waals surface area contributed by atoms with E-state index in [-0.39, 0.29) is 0 Å². The van der Waals surface area contributed by atoms with Crippen LogP contribution < -0.4 is 4.90 Å². The van der Waals surface area contributed by atoms with Gasteiger partial charge in [0, 0.05) is 24.3 Å². The minimum atomic E-state index is 0.571. The Labute approximate surface area is 90.5 Å². The van der Waals surface area contributed by atoms with Gasteiger partial charge in [0.05, 0.1) is 0 Å². The molecule has 0 aromatic heterocycles. The van der Waals surface area contributed by atoms with Crippen molar-refractivity contribution < 1.29 is 4.79 Å². The fourth-order valence-corrected chi connectivity index (χ4v) is 1.42. The van der Waals surface area contributed by atoms with E-state index in [1.807, 2.05) is 29.4 Å².